The Morgan fingerprint density at radius 2 is 1.69 bits per heavy atom. The first-order valence-electron chi connectivity index (χ1n) is 12.6. The molecular formula is C29H34N2O4S. The Bertz CT molecular complexity index is 1310. The van der Waals surface area contributed by atoms with Crippen LogP contribution in [-0.4, -0.2) is 68.2 Å². The summed E-state index contributed by atoms with van der Waals surface area (Å²) in [5.74, 6) is 0.423. The molecule has 2 saturated heterocycles. The molecule has 7 heteroatoms. The maximum absolute atomic E-state index is 13.7. The molecule has 0 unspecified atom stereocenters. The molecule has 2 aliphatic rings. The van der Waals surface area contributed by atoms with Crippen LogP contribution in [0.1, 0.15) is 29.9 Å². The third-order valence-corrected chi connectivity index (χ3v) is 9.69. The second-order valence-electron chi connectivity index (χ2n) is 9.86. The van der Waals surface area contributed by atoms with Gasteiger partial charge in [-0.05, 0) is 66.8 Å². The largest absolute Gasteiger partial charge is 0.508 e. The molecule has 6 nitrogen and oxygen atoms in total. The normalized spacial score (nSPS) is 23.3. The van der Waals surface area contributed by atoms with Crippen LogP contribution in [0.25, 0.3) is 11.1 Å². The van der Waals surface area contributed by atoms with Gasteiger partial charge in [-0.15, -0.1) is 0 Å². The zero-order valence-electron chi connectivity index (χ0n) is 20.9. The lowest BCUT2D eigenvalue weighted by Crippen LogP contribution is -2.68. The fourth-order valence-electron chi connectivity index (χ4n) is 5.85. The summed E-state index contributed by atoms with van der Waals surface area (Å²) in [5, 5.41) is 9.85. The minimum atomic E-state index is -3.59. The highest BCUT2D eigenvalue weighted by molar-refractivity contribution is 7.89. The van der Waals surface area contributed by atoms with Gasteiger partial charge < -0.3 is 9.84 Å². The van der Waals surface area contributed by atoms with Gasteiger partial charge in [0.1, 0.15) is 5.75 Å². The number of aryl methyl sites for hydroxylation is 1. The number of hydrogen-bond acceptors (Lipinski definition) is 5. The Balaban J connectivity index is 1.45. The Morgan fingerprint density at radius 1 is 0.944 bits per heavy atom. The molecule has 5 rings (SSSR count). The number of aromatic hydroxyl groups is 1. The van der Waals surface area contributed by atoms with Gasteiger partial charge in [-0.2, -0.15) is 4.31 Å². The summed E-state index contributed by atoms with van der Waals surface area (Å²) >= 11 is 0. The SMILES string of the molecule is COC[C@@H]1[C@@H](c2ccc(-c3cccc(O)c3)cc2)[C@@H]2CN(S(=O)(=O)c3ccccc3C)CCCCN12. The lowest BCUT2D eigenvalue weighted by Gasteiger charge is -2.57. The van der Waals surface area contributed by atoms with Gasteiger partial charge in [0.2, 0.25) is 10.0 Å². The average molecular weight is 507 g/mol. The van der Waals surface area contributed by atoms with Crippen LogP contribution in [0.15, 0.2) is 77.7 Å². The molecule has 2 aliphatic heterocycles. The van der Waals surface area contributed by atoms with E-state index in [9.17, 15) is 13.5 Å². The van der Waals surface area contributed by atoms with Gasteiger partial charge in [-0.25, -0.2) is 8.42 Å². The Hall–Kier alpha value is -2.71. The van der Waals surface area contributed by atoms with Crippen molar-refractivity contribution in [3.05, 3.63) is 83.9 Å². The van der Waals surface area contributed by atoms with E-state index in [1.54, 1.807) is 35.7 Å². The van der Waals surface area contributed by atoms with E-state index < -0.39 is 10.0 Å². The van der Waals surface area contributed by atoms with E-state index in [4.69, 9.17) is 4.74 Å². The topological polar surface area (TPSA) is 70.1 Å². The van der Waals surface area contributed by atoms with Crippen molar-refractivity contribution in [2.45, 2.75) is 42.7 Å². The first-order valence-corrected chi connectivity index (χ1v) is 14.0. The summed E-state index contributed by atoms with van der Waals surface area (Å²) in [5.41, 5.74) is 3.97. The van der Waals surface area contributed by atoms with E-state index in [0.717, 1.165) is 36.1 Å². The van der Waals surface area contributed by atoms with Crippen molar-refractivity contribution < 1.29 is 18.3 Å². The molecule has 2 heterocycles. The van der Waals surface area contributed by atoms with Gasteiger partial charge in [0.25, 0.3) is 0 Å². The minimum Gasteiger partial charge on any atom is -0.508 e. The fraction of sp³-hybridized carbons (Fsp3) is 0.379. The molecule has 0 radical (unpaired) electrons. The number of phenols is 1. The van der Waals surface area contributed by atoms with Gasteiger partial charge in [-0.1, -0.05) is 54.6 Å². The van der Waals surface area contributed by atoms with E-state index in [2.05, 4.69) is 29.2 Å². The third-order valence-electron chi connectivity index (χ3n) is 7.67. The van der Waals surface area contributed by atoms with Crippen molar-refractivity contribution in [3.8, 4) is 16.9 Å². The van der Waals surface area contributed by atoms with Crippen molar-refractivity contribution in [2.75, 3.05) is 33.4 Å². The van der Waals surface area contributed by atoms with Crippen molar-refractivity contribution >= 4 is 10.0 Å². The van der Waals surface area contributed by atoms with Crippen molar-refractivity contribution in [2.24, 2.45) is 0 Å². The number of ether oxygens (including phenoxy) is 1. The number of sulfonamides is 1. The number of phenolic OH excluding ortho intramolecular Hbond substituents is 1. The van der Waals surface area contributed by atoms with E-state index in [-0.39, 0.29) is 23.8 Å². The highest BCUT2D eigenvalue weighted by Gasteiger charge is 2.50. The minimum absolute atomic E-state index is 0.0934. The summed E-state index contributed by atoms with van der Waals surface area (Å²) < 4.78 is 34.7. The van der Waals surface area contributed by atoms with E-state index in [1.165, 1.54) is 5.56 Å². The molecule has 0 bridgehead atoms. The fourth-order valence-corrected chi connectivity index (χ4v) is 7.57. The van der Waals surface area contributed by atoms with E-state index in [1.807, 2.05) is 31.2 Å². The van der Waals surface area contributed by atoms with Crippen LogP contribution in [0.5, 0.6) is 5.75 Å². The van der Waals surface area contributed by atoms with Crippen LogP contribution in [0, 0.1) is 6.92 Å². The summed E-state index contributed by atoms with van der Waals surface area (Å²) in [6.45, 7) is 4.43. The number of benzene rings is 3. The predicted octanol–water partition coefficient (Wildman–Crippen LogP) is 4.64. The molecule has 190 valence electrons. The zero-order valence-corrected chi connectivity index (χ0v) is 21.7. The molecule has 0 spiro atoms. The number of hydrogen-bond donors (Lipinski definition) is 1. The Labute approximate surface area is 214 Å². The summed E-state index contributed by atoms with van der Waals surface area (Å²) in [6.07, 6.45) is 1.80. The summed E-state index contributed by atoms with van der Waals surface area (Å²) in [7, 11) is -1.85. The number of rotatable bonds is 6. The number of methoxy groups -OCH3 is 1. The highest BCUT2D eigenvalue weighted by Crippen LogP contribution is 2.43. The van der Waals surface area contributed by atoms with Crippen LogP contribution in [0.3, 0.4) is 0 Å². The van der Waals surface area contributed by atoms with Gasteiger partial charge in [0, 0.05) is 38.2 Å². The molecular weight excluding hydrogens is 472 g/mol. The highest BCUT2D eigenvalue weighted by atomic mass is 32.2. The standard InChI is InChI=1S/C29H34N2O4S/c1-21-8-3-4-11-28(21)36(33,34)30-16-5-6-17-31-26(19-30)29(27(31)20-35-2)23-14-12-22(13-15-23)24-9-7-10-25(32)18-24/h3-4,7-15,18,26-27,29,32H,5-6,16-17,19-20H2,1-2H3/t26-,27+,29-/m0/s1. The van der Waals surface area contributed by atoms with Gasteiger partial charge >= 0.3 is 0 Å². The van der Waals surface area contributed by atoms with Crippen molar-refractivity contribution in [1.29, 1.82) is 0 Å². The van der Waals surface area contributed by atoms with Crippen LogP contribution < -0.4 is 0 Å². The van der Waals surface area contributed by atoms with Gasteiger partial charge in [0.15, 0.2) is 0 Å². The molecule has 36 heavy (non-hydrogen) atoms. The van der Waals surface area contributed by atoms with Crippen LogP contribution >= 0.6 is 0 Å². The second kappa shape index (κ2) is 10.3. The first-order chi connectivity index (χ1) is 17.4. The molecule has 1 N–H and O–H groups in total. The Morgan fingerprint density at radius 3 is 2.42 bits per heavy atom. The van der Waals surface area contributed by atoms with Gasteiger partial charge in [-0.3, -0.25) is 4.90 Å². The Kier molecular flexibility index (Phi) is 7.17. The number of fused-ring (bicyclic) bond motifs is 1. The van der Waals surface area contributed by atoms with Crippen molar-refractivity contribution in [1.82, 2.24) is 9.21 Å². The second-order valence-corrected chi connectivity index (χ2v) is 11.8. The monoisotopic (exact) mass is 506 g/mol. The molecule has 0 aliphatic carbocycles. The molecule has 2 fully saturated rings. The average Bonchev–Trinajstić information content (AvgIpc) is 2.85. The number of nitrogens with zero attached hydrogens (tertiary/aromatic N) is 2. The summed E-state index contributed by atoms with van der Waals surface area (Å²) in [6, 6.07) is 23.3. The summed E-state index contributed by atoms with van der Waals surface area (Å²) in [4.78, 5) is 2.84. The molecule has 3 atom stereocenters. The lowest BCUT2D eigenvalue weighted by atomic mass is 9.74. The first kappa shape index (κ1) is 25.0. The van der Waals surface area contributed by atoms with Gasteiger partial charge in [0.05, 0.1) is 11.5 Å². The zero-order chi connectivity index (χ0) is 25.3. The van der Waals surface area contributed by atoms with Crippen LogP contribution in [-0.2, 0) is 14.8 Å². The predicted molar refractivity (Wildman–Crippen MR) is 142 cm³/mol. The quantitative estimate of drug-likeness (QED) is 0.528. The van der Waals surface area contributed by atoms with E-state index in [0.29, 0.717) is 24.6 Å². The van der Waals surface area contributed by atoms with Crippen LogP contribution in [0.2, 0.25) is 0 Å². The van der Waals surface area contributed by atoms with Crippen LogP contribution in [0.4, 0.5) is 0 Å². The lowest BCUT2D eigenvalue weighted by molar-refractivity contribution is -0.0635. The molecule has 0 amide bonds. The maximum atomic E-state index is 13.7. The molecule has 3 aromatic carbocycles. The molecule has 3 aromatic rings. The van der Waals surface area contributed by atoms with E-state index >= 15 is 0 Å². The molecule has 0 aromatic heterocycles. The smallest absolute Gasteiger partial charge is 0.243 e. The maximum Gasteiger partial charge on any atom is 0.243 e. The van der Waals surface area contributed by atoms with Crippen molar-refractivity contribution in [3.63, 3.8) is 0 Å². The molecule has 0 saturated carbocycles. The third kappa shape index (κ3) is 4.68.